The quantitative estimate of drug-likeness (QED) is 0.175. The maximum Gasteiger partial charge on any atom is 0.122 e. The molecular formula is C35H56O2. The fourth-order valence-electron chi connectivity index (χ4n) is 5.47. The number of phenols is 2. The molecule has 0 saturated heterocycles. The summed E-state index contributed by atoms with van der Waals surface area (Å²) in [5, 5.41) is 22.4. The van der Waals surface area contributed by atoms with Gasteiger partial charge in [0.05, 0.1) is 0 Å². The Bertz CT molecular complexity index is 825. The second-order valence-electron chi connectivity index (χ2n) is 11.2. The van der Waals surface area contributed by atoms with Gasteiger partial charge in [-0.15, -0.1) is 0 Å². The molecule has 2 nitrogen and oxygen atoms in total. The predicted molar refractivity (Wildman–Crippen MR) is 161 cm³/mol. The van der Waals surface area contributed by atoms with E-state index in [-0.39, 0.29) is 0 Å². The summed E-state index contributed by atoms with van der Waals surface area (Å²) in [7, 11) is 0. The van der Waals surface area contributed by atoms with Crippen LogP contribution in [0.1, 0.15) is 151 Å². The van der Waals surface area contributed by atoms with Gasteiger partial charge in [0, 0.05) is 6.42 Å². The summed E-state index contributed by atoms with van der Waals surface area (Å²) >= 11 is 0. The van der Waals surface area contributed by atoms with Crippen molar-refractivity contribution in [1.82, 2.24) is 0 Å². The maximum absolute atomic E-state index is 11.2. The predicted octanol–water partition coefficient (Wildman–Crippen LogP) is 10.4. The Morgan fingerprint density at radius 2 is 0.757 bits per heavy atom. The van der Waals surface area contributed by atoms with Crippen molar-refractivity contribution in [1.29, 1.82) is 0 Å². The number of unbranched alkanes of at least 4 members (excludes halogenated alkanes) is 12. The fraction of sp³-hybridized carbons (Fsp3) is 0.657. The van der Waals surface area contributed by atoms with E-state index in [0.29, 0.717) is 17.9 Å². The van der Waals surface area contributed by atoms with Gasteiger partial charge in [-0.25, -0.2) is 0 Å². The molecule has 0 aromatic heterocycles. The van der Waals surface area contributed by atoms with Crippen LogP contribution in [0.25, 0.3) is 0 Å². The van der Waals surface area contributed by atoms with E-state index in [4.69, 9.17) is 0 Å². The van der Waals surface area contributed by atoms with Gasteiger partial charge in [-0.1, -0.05) is 129 Å². The molecule has 0 spiro atoms. The van der Waals surface area contributed by atoms with Crippen molar-refractivity contribution in [3.05, 3.63) is 57.6 Å². The largest absolute Gasteiger partial charge is 0.507 e. The summed E-state index contributed by atoms with van der Waals surface area (Å²) in [5.41, 5.74) is 6.64. The zero-order chi connectivity index (χ0) is 26.9. The lowest BCUT2D eigenvalue weighted by molar-refractivity contribution is 0.453. The molecule has 208 valence electrons. The molecule has 0 radical (unpaired) electrons. The van der Waals surface area contributed by atoms with Crippen LogP contribution in [0.5, 0.6) is 11.5 Å². The SMILES string of the molecule is CCCCCCCCCc1cc(CC)cc(Cc2cc(CC)cc(CCCCCCCCC)c2O)c1O. The Balaban J connectivity index is 2.08. The minimum absolute atomic E-state index is 0.443. The maximum atomic E-state index is 11.2. The van der Waals surface area contributed by atoms with Crippen molar-refractivity contribution in [2.24, 2.45) is 0 Å². The summed E-state index contributed by atoms with van der Waals surface area (Å²) in [6, 6.07) is 8.70. The van der Waals surface area contributed by atoms with Gasteiger partial charge in [0.1, 0.15) is 11.5 Å². The highest BCUT2D eigenvalue weighted by molar-refractivity contribution is 5.51. The summed E-state index contributed by atoms with van der Waals surface area (Å²) in [5.74, 6) is 0.885. The summed E-state index contributed by atoms with van der Waals surface area (Å²) < 4.78 is 0. The first-order chi connectivity index (χ1) is 18.0. The smallest absolute Gasteiger partial charge is 0.122 e. The first-order valence-corrected chi connectivity index (χ1v) is 15.7. The van der Waals surface area contributed by atoms with Crippen LogP contribution in [0.2, 0.25) is 0 Å². The van der Waals surface area contributed by atoms with Crippen molar-refractivity contribution >= 4 is 0 Å². The summed E-state index contributed by atoms with van der Waals surface area (Å²) in [4.78, 5) is 0. The number of rotatable bonds is 20. The molecule has 0 aliphatic heterocycles. The van der Waals surface area contributed by atoms with Crippen molar-refractivity contribution in [3.8, 4) is 11.5 Å². The van der Waals surface area contributed by atoms with Gasteiger partial charge in [0.2, 0.25) is 0 Å². The lowest BCUT2D eigenvalue weighted by Crippen LogP contribution is -2.00. The Morgan fingerprint density at radius 1 is 0.432 bits per heavy atom. The zero-order valence-corrected chi connectivity index (χ0v) is 24.6. The van der Waals surface area contributed by atoms with Crippen LogP contribution in [0.4, 0.5) is 0 Å². The molecule has 2 aromatic carbocycles. The van der Waals surface area contributed by atoms with Crippen molar-refractivity contribution < 1.29 is 10.2 Å². The Hall–Kier alpha value is -1.96. The number of aromatic hydroxyl groups is 2. The Labute approximate surface area is 228 Å². The van der Waals surface area contributed by atoms with Gasteiger partial charge in [-0.3, -0.25) is 0 Å². The van der Waals surface area contributed by atoms with Crippen LogP contribution < -0.4 is 0 Å². The molecule has 0 heterocycles. The van der Waals surface area contributed by atoms with E-state index in [9.17, 15) is 10.2 Å². The van der Waals surface area contributed by atoms with Crippen molar-refractivity contribution in [3.63, 3.8) is 0 Å². The second-order valence-corrected chi connectivity index (χ2v) is 11.2. The molecule has 0 saturated carbocycles. The standard InChI is InChI=1S/C35H56O2/c1-5-9-11-13-15-17-19-21-30-23-28(7-3)25-32(34(30)36)27-33-26-29(8-4)24-31(35(33)37)22-20-18-16-14-12-10-6-2/h23-26,36-37H,5-22,27H2,1-4H3. The molecule has 0 unspecified atom stereocenters. The van der Waals surface area contributed by atoms with E-state index in [1.807, 2.05) is 0 Å². The van der Waals surface area contributed by atoms with Crippen LogP contribution in [-0.4, -0.2) is 10.2 Å². The van der Waals surface area contributed by atoms with Gasteiger partial charge in [0.25, 0.3) is 0 Å². The molecule has 2 N–H and O–H groups in total. The van der Waals surface area contributed by atoms with Gasteiger partial charge >= 0.3 is 0 Å². The van der Waals surface area contributed by atoms with E-state index in [2.05, 4.69) is 52.0 Å². The van der Waals surface area contributed by atoms with Crippen LogP contribution in [0.3, 0.4) is 0 Å². The third kappa shape index (κ3) is 11.1. The molecule has 0 amide bonds. The van der Waals surface area contributed by atoms with E-state index < -0.39 is 0 Å². The first-order valence-electron chi connectivity index (χ1n) is 15.7. The molecule has 0 fully saturated rings. The number of aryl methyl sites for hydroxylation is 4. The average Bonchev–Trinajstić information content (AvgIpc) is 2.91. The molecule has 37 heavy (non-hydrogen) atoms. The lowest BCUT2D eigenvalue weighted by atomic mass is 9.91. The summed E-state index contributed by atoms with van der Waals surface area (Å²) in [6.07, 6.45) is 22.3. The first kappa shape index (κ1) is 31.3. The average molecular weight is 509 g/mol. The number of benzene rings is 2. The molecule has 0 atom stereocenters. The Kier molecular flexibility index (Phi) is 15.5. The highest BCUT2D eigenvalue weighted by Crippen LogP contribution is 2.34. The number of hydrogen-bond acceptors (Lipinski definition) is 2. The van der Waals surface area contributed by atoms with Crippen LogP contribution in [0, 0.1) is 0 Å². The Morgan fingerprint density at radius 3 is 1.11 bits per heavy atom. The monoisotopic (exact) mass is 508 g/mol. The van der Waals surface area contributed by atoms with E-state index in [1.54, 1.807) is 0 Å². The van der Waals surface area contributed by atoms with Crippen molar-refractivity contribution in [2.75, 3.05) is 0 Å². The minimum Gasteiger partial charge on any atom is -0.507 e. The highest BCUT2D eigenvalue weighted by atomic mass is 16.3. The van der Waals surface area contributed by atoms with E-state index >= 15 is 0 Å². The molecule has 0 aliphatic carbocycles. The highest BCUT2D eigenvalue weighted by Gasteiger charge is 2.15. The van der Waals surface area contributed by atoms with Gasteiger partial charge in [-0.2, -0.15) is 0 Å². The normalized spacial score (nSPS) is 11.4. The van der Waals surface area contributed by atoms with Crippen LogP contribution >= 0.6 is 0 Å². The van der Waals surface area contributed by atoms with Crippen LogP contribution in [-0.2, 0) is 32.1 Å². The van der Waals surface area contributed by atoms with Gasteiger partial charge in [0.15, 0.2) is 0 Å². The molecule has 0 aliphatic rings. The molecule has 2 heteroatoms. The van der Waals surface area contributed by atoms with Crippen LogP contribution in [0.15, 0.2) is 24.3 Å². The van der Waals surface area contributed by atoms with Gasteiger partial charge in [-0.05, 0) is 71.9 Å². The van der Waals surface area contributed by atoms with E-state index in [1.165, 1.54) is 88.2 Å². The van der Waals surface area contributed by atoms with Gasteiger partial charge < -0.3 is 10.2 Å². The molecule has 2 rings (SSSR count). The second kappa shape index (κ2) is 18.3. The molecular weight excluding hydrogens is 452 g/mol. The third-order valence-electron chi connectivity index (χ3n) is 7.95. The van der Waals surface area contributed by atoms with Crippen molar-refractivity contribution in [2.45, 2.75) is 150 Å². The minimum atomic E-state index is 0.443. The van der Waals surface area contributed by atoms with E-state index in [0.717, 1.165) is 60.8 Å². The topological polar surface area (TPSA) is 40.5 Å². The lowest BCUT2D eigenvalue weighted by Gasteiger charge is -2.16. The fourth-order valence-corrected chi connectivity index (χ4v) is 5.47. The molecule has 2 aromatic rings. The zero-order valence-electron chi connectivity index (χ0n) is 24.6. The number of hydrogen-bond donors (Lipinski definition) is 2. The summed E-state index contributed by atoms with van der Waals surface area (Å²) in [6.45, 7) is 8.89. The molecule has 0 bridgehead atoms. The third-order valence-corrected chi connectivity index (χ3v) is 7.95. The number of phenolic OH excluding ortho intramolecular Hbond substituents is 2.